The highest BCUT2D eigenvalue weighted by Gasteiger charge is 2.14. The van der Waals surface area contributed by atoms with E-state index in [9.17, 15) is 9.59 Å². The Morgan fingerprint density at radius 3 is 2.80 bits per heavy atom. The second-order valence-electron chi connectivity index (χ2n) is 4.86. The van der Waals surface area contributed by atoms with Gasteiger partial charge in [0.25, 0.3) is 0 Å². The summed E-state index contributed by atoms with van der Waals surface area (Å²) in [4.78, 5) is 29.8. The average Bonchev–Trinajstić information content (AvgIpc) is 2.59. The zero-order chi connectivity index (χ0) is 18.4. The van der Waals surface area contributed by atoms with Crippen molar-refractivity contribution in [1.82, 2.24) is 9.97 Å². The second kappa shape index (κ2) is 8.21. The van der Waals surface area contributed by atoms with Gasteiger partial charge < -0.3 is 19.8 Å². The van der Waals surface area contributed by atoms with Gasteiger partial charge in [-0.1, -0.05) is 11.8 Å². The van der Waals surface area contributed by atoms with Gasteiger partial charge in [-0.15, -0.1) is 0 Å². The number of H-pyrrole nitrogens is 1. The lowest BCUT2D eigenvalue weighted by Crippen LogP contribution is -2.17. The predicted octanol–water partition coefficient (Wildman–Crippen LogP) is 1.70. The summed E-state index contributed by atoms with van der Waals surface area (Å²) in [5.41, 5.74) is 0.563. The molecule has 130 valence electrons. The number of hydrogen-bond acceptors (Lipinski definition) is 7. The number of nitrogens with one attached hydrogen (secondary N) is 2. The van der Waals surface area contributed by atoms with E-state index in [2.05, 4.69) is 15.3 Å². The first kappa shape index (κ1) is 18.4. The fourth-order valence-corrected chi connectivity index (χ4v) is 2.86. The first-order valence-corrected chi connectivity index (χ1v) is 8.12. The summed E-state index contributed by atoms with van der Waals surface area (Å²) >= 11 is 1.01. The number of aryl methyl sites for hydroxylation is 1. The molecule has 0 radical (unpaired) electrons. The van der Waals surface area contributed by atoms with Crippen molar-refractivity contribution in [2.75, 3.05) is 25.3 Å². The number of benzene rings is 1. The van der Waals surface area contributed by atoms with E-state index in [0.717, 1.165) is 11.8 Å². The molecular formula is C16H16N4O4S. The summed E-state index contributed by atoms with van der Waals surface area (Å²) in [7, 11) is 3.02. The summed E-state index contributed by atoms with van der Waals surface area (Å²) in [6.45, 7) is 1.60. The Hall–Kier alpha value is -2.99. The number of methoxy groups -OCH3 is 2. The van der Waals surface area contributed by atoms with Crippen LogP contribution in [-0.2, 0) is 4.79 Å². The molecule has 0 spiro atoms. The summed E-state index contributed by atoms with van der Waals surface area (Å²) in [5, 5.41) is 12.1. The van der Waals surface area contributed by atoms with Crippen LogP contribution in [0.4, 0.5) is 5.69 Å². The Morgan fingerprint density at radius 2 is 2.16 bits per heavy atom. The van der Waals surface area contributed by atoms with Crippen LogP contribution in [0.1, 0.15) is 11.3 Å². The molecule has 0 saturated heterocycles. The number of thioether (sulfide) groups is 1. The third-order valence-electron chi connectivity index (χ3n) is 3.22. The van der Waals surface area contributed by atoms with E-state index in [0.29, 0.717) is 22.9 Å². The molecule has 0 aliphatic heterocycles. The molecule has 0 saturated carbocycles. The first-order chi connectivity index (χ1) is 12.0. The number of carbonyl (C=O) groups is 1. The van der Waals surface area contributed by atoms with Gasteiger partial charge in [0.15, 0.2) is 0 Å². The summed E-state index contributed by atoms with van der Waals surface area (Å²) in [6.07, 6.45) is 0. The third kappa shape index (κ3) is 4.51. The van der Waals surface area contributed by atoms with Crippen molar-refractivity contribution in [1.29, 1.82) is 5.26 Å². The lowest BCUT2D eigenvalue weighted by Gasteiger charge is -2.11. The van der Waals surface area contributed by atoms with Crippen molar-refractivity contribution < 1.29 is 14.3 Å². The topological polar surface area (TPSA) is 117 Å². The summed E-state index contributed by atoms with van der Waals surface area (Å²) < 4.78 is 10.3. The van der Waals surface area contributed by atoms with Crippen LogP contribution in [0, 0.1) is 18.3 Å². The number of rotatable bonds is 6. The Labute approximate surface area is 148 Å². The zero-order valence-electron chi connectivity index (χ0n) is 13.9. The van der Waals surface area contributed by atoms with Crippen molar-refractivity contribution in [3.8, 4) is 17.6 Å². The van der Waals surface area contributed by atoms with E-state index in [-0.39, 0.29) is 22.2 Å². The number of aromatic amines is 1. The van der Waals surface area contributed by atoms with Crippen molar-refractivity contribution in [2.45, 2.75) is 11.9 Å². The van der Waals surface area contributed by atoms with Crippen LogP contribution in [0.3, 0.4) is 0 Å². The zero-order valence-corrected chi connectivity index (χ0v) is 14.7. The predicted molar refractivity (Wildman–Crippen MR) is 93.2 cm³/mol. The van der Waals surface area contributed by atoms with E-state index >= 15 is 0 Å². The third-order valence-corrected chi connectivity index (χ3v) is 4.19. The fourth-order valence-electron chi connectivity index (χ4n) is 2.03. The molecule has 8 nitrogen and oxygen atoms in total. The minimum absolute atomic E-state index is 0.0229. The molecule has 0 fully saturated rings. The number of aromatic nitrogens is 2. The molecule has 25 heavy (non-hydrogen) atoms. The molecule has 0 bridgehead atoms. The summed E-state index contributed by atoms with van der Waals surface area (Å²) in [5.74, 6) is 0.704. The molecule has 2 N–H and O–H groups in total. The standard InChI is InChI=1S/C16H16N4O4S/c1-9-11(7-17)15(20-16(22)18-9)25-8-14(21)19-12-6-10(23-2)4-5-13(12)24-3/h4-6H,8H2,1-3H3,(H,19,21)(H,18,20,22). The Balaban J connectivity index is 2.12. The lowest BCUT2D eigenvalue weighted by atomic mass is 10.2. The normalized spacial score (nSPS) is 10.0. The molecule has 2 rings (SSSR count). The molecule has 0 aliphatic carbocycles. The van der Waals surface area contributed by atoms with Gasteiger partial charge in [-0.05, 0) is 19.1 Å². The highest BCUT2D eigenvalue weighted by molar-refractivity contribution is 8.00. The fraction of sp³-hybridized carbons (Fsp3) is 0.250. The Bertz CT molecular complexity index is 889. The number of hydrogen-bond donors (Lipinski definition) is 2. The van der Waals surface area contributed by atoms with Crippen molar-refractivity contribution in [2.24, 2.45) is 0 Å². The van der Waals surface area contributed by atoms with Crippen LogP contribution in [0.2, 0.25) is 0 Å². The molecular weight excluding hydrogens is 344 g/mol. The van der Waals surface area contributed by atoms with E-state index in [1.54, 1.807) is 25.1 Å². The maximum absolute atomic E-state index is 12.2. The van der Waals surface area contributed by atoms with E-state index in [1.165, 1.54) is 14.2 Å². The summed E-state index contributed by atoms with van der Waals surface area (Å²) in [6, 6.07) is 7.00. The lowest BCUT2D eigenvalue weighted by molar-refractivity contribution is -0.113. The number of nitriles is 1. The smallest absolute Gasteiger partial charge is 0.346 e. The van der Waals surface area contributed by atoms with Crippen LogP contribution in [-0.4, -0.2) is 35.8 Å². The molecule has 1 heterocycles. The van der Waals surface area contributed by atoms with Gasteiger partial charge in [-0.25, -0.2) is 4.79 Å². The largest absolute Gasteiger partial charge is 0.497 e. The van der Waals surface area contributed by atoms with Crippen LogP contribution < -0.4 is 20.5 Å². The van der Waals surface area contributed by atoms with Gasteiger partial charge in [0.1, 0.15) is 28.2 Å². The Morgan fingerprint density at radius 1 is 1.40 bits per heavy atom. The molecule has 1 aromatic carbocycles. The number of anilines is 1. The van der Waals surface area contributed by atoms with Crippen molar-refractivity contribution in [3.05, 3.63) is 39.9 Å². The maximum Gasteiger partial charge on any atom is 0.346 e. The molecule has 9 heteroatoms. The van der Waals surface area contributed by atoms with Crippen LogP contribution in [0.5, 0.6) is 11.5 Å². The minimum Gasteiger partial charge on any atom is -0.497 e. The number of amides is 1. The minimum atomic E-state index is -0.561. The number of carbonyl (C=O) groups excluding carboxylic acids is 1. The van der Waals surface area contributed by atoms with E-state index in [1.807, 2.05) is 6.07 Å². The van der Waals surface area contributed by atoms with Crippen molar-refractivity contribution in [3.63, 3.8) is 0 Å². The van der Waals surface area contributed by atoms with E-state index in [4.69, 9.17) is 14.7 Å². The van der Waals surface area contributed by atoms with Gasteiger partial charge in [0.05, 0.1) is 25.7 Å². The van der Waals surface area contributed by atoms with Crippen LogP contribution in [0.25, 0.3) is 0 Å². The molecule has 2 aromatic rings. The SMILES string of the molecule is COc1ccc(OC)c(NC(=O)CSc2nc(=O)[nH]c(C)c2C#N)c1. The number of nitrogens with zero attached hydrogens (tertiary/aromatic N) is 2. The molecule has 0 atom stereocenters. The van der Waals surface area contributed by atoms with Crippen LogP contribution >= 0.6 is 11.8 Å². The van der Waals surface area contributed by atoms with Gasteiger partial charge in [-0.2, -0.15) is 10.2 Å². The highest BCUT2D eigenvalue weighted by atomic mass is 32.2. The van der Waals surface area contributed by atoms with Gasteiger partial charge >= 0.3 is 5.69 Å². The second-order valence-corrected chi connectivity index (χ2v) is 5.83. The van der Waals surface area contributed by atoms with Gasteiger partial charge in [-0.3, -0.25) is 4.79 Å². The molecule has 1 aromatic heterocycles. The molecule has 0 unspecified atom stereocenters. The van der Waals surface area contributed by atoms with Crippen LogP contribution in [0.15, 0.2) is 28.0 Å². The number of ether oxygens (including phenoxy) is 2. The highest BCUT2D eigenvalue weighted by Crippen LogP contribution is 2.29. The van der Waals surface area contributed by atoms with Gasteiger partial charge in [0, 0.05) is 11.8 Å². The Kier molecular flexibility index (Phi) is 6.03. The molecule has 1 amide bonds. The monoisotopic (exact) mass is 360 g/mol. The quantitative estimate of drug-likeness (QED) is 0.595. The first-order valence-electron chi connectivity index (χ1n) is 7.14. The van der Waals surface area contributed by atoms with Gasteiger partial charge in [0.2, 0.25) is 5.91 Å². The molecule has 0 aliphatic rings. The average molecular weight is 360 g/mol. The van der Waals surface area contributed by atoms with E-state index < -0.39 is 5.69 Å². The van der Waals surface area contributed by atoms with Crippen molar-refractivity contribution >= 4 is 23.4 Å². The maximum atomic E-state index is 12.2.